The second kappa shape index (κ2) is 5.06. The summed E-state index contributed by atoms with van der Waals surface area (Å²) >= 11 is 0. The van der Waals surface area contributed by atoms with E-state index < -0.39 is 21.7 Å². The first kappa shape index (κ1) is 14.2. The van der Waals surface area contributed by atoms with Gasteiger partial charge in [0.25, 0.3) is 0 Å². The monoisotopic (exact) mass is 300 g/mol. The van der Waals surface area contributed by atoms with E-state index in [4.69, 9.17) is 15.6 Å². The Morgan fingerprint density at radius 2 is 1.75 bits per heavy atom. The Kier molecular flexibility index (Phi) is 3.60. The van der Waals surface area contributed by atoms with Gasteiger partial charge in [0.2, 0.25) is 10.0 Å². The van der Waals surface area contributed by atoms with Crippen LogP contribution in [0.4, 0.5) is 14.5 Å². The lowest BCUT2D eigenvalue weighted by molar-refractivity contribution is 0.437. The summed E-state index contributed by atoms with van der Waals surface area (Å²) in [4.78, 5) is -0.260. The summed E-state index contributed by atoms with van der Waals surface area (Å²) < 4.78 is 53.6. The molecule has 0 atom stereocenters. The van der Waals surface area contributed by atoms with Crippen LogP contribution in [0.3, 0.4) is 0 Å². The molecular formula is C12H10F2N2O3S. The van der Waals surface area contributed by atoms with Crippen molar-refractivity contribution in [1.82, 2.24) is 0 Å². The molecule has 0 fully saturated rings. The maximum atomic E-state index is 13.4. The normalized spacial score (nSPS) is 11.3. The molecule has 5 nitrogen and oxygen atoms in total. The number of benzene rings is 2. The lowest BCUT2D eigenvalue weighted by atomic mass is 10.3. The van der Waals surface area contributed by atoms with E-state index in [1.54, 1.807) is 0 Å². The molecule has 0 spiro atoms. The van der Waals surface area contributed by atoms with Gasteiger partial charge in [-0.15, -0.1) is 0 Å². The number of sulfonamides is 1. The number of nitrogen functional groups attached to an aromatic ring is 1. The SMILES string of the molecule is Nc1cc(Oc2ccc(F)cc2F)ccc1S(N)(=O)=O. The summed E-state index contributed by atoms with van der Waals surface area (Å²) in [7, 11) is -3.94. The molecule has 2 aromatic carbocycles. The molecule has 0 aliphatic heterocycles. The third-order valence-electron chi connectivity index (χ3n) is 2.41. The van der Waals surface area contributed by atoms with Gasteiger partial charge in [-0.25, -0.2) is 22.3 Å². The van der Waals surface area contributed by atoms with E-state index in [0.29, 0.717) is 6.07 Å². The summed E-state index contributed by atoms with van der Waals surface area (Å²) in [5.74, 6) is -1.74. The highest BCUT2D eigenvalue weighted by molar-refractivity contribution is 7.89. The van der Waals surface area contributed by atoms with Crippen molar-refractivity contribution >= 4 is 15.7 Å². The Labute approximate surface area is 113 Å². The fourth-order valence-electron chi connectivity index (χ4n) is 1.53. The summed E-state index contributed by atoms with van der Waals surface area (Å²) in [6, 6.07) is 6.38. The second-order valence-electron chi connectivity index (χ2n) is 3.92. The van der Waals surface area contributed by atoms with Crippen molar-refractivity contribution in [3.8, 4) is 11.5 Å². The van der Waals surface area contributed by atoms with Crippen LogP contribution in [0.15, 0.2) is 41.3 Å². The highest BCUT2D eigenvalue weighted by Gasteiger charge is 2.13. The van der Waals surface area contributed by atoms with Gasteiger partial charge < -0.3 is 10.5 Å². The zero-order chi connectivity index (χ0) is 14.9. The third-order valence-corrected chi connectivity index (χ3v) is 3.39. The first-order valence-electron chi connectivity index (χ1n) is 5.32. The fraction of sp³-hybridized carbons (Fsp3) is 0. The smallest absolute Gasteiger partial charge is 0.240 e. The van der Waals surface area contributed by atoms with Crippen LogP contribution in [0.1, 0.15) is 0 Å². The van der Waals surface area contributed by atoms with Crippen LogP contribution in [-0.4, -0.2) is 8.42 Å². The van der Waals surface area contributed by atoms with Crippen molar-refractivity contribution in [2.24, 2.45) is 5.14 Å². The molecular weight excluding hydrogens is 290 g/mol. The lowest BCUT2D eigenvalue weighted by Gasteiger charge is -2.09. The predicted octanol–water partition coefficient (Wildman–Crippen LogP) is 1.99. The van der Waals surface area contributed by atoms with Crippen molar-refractivity contribution in [2.75, 3.05) is 5.73 Å². The molecule has 0 aliphatic rings. The van der Waals surface area contributed by atoms with E-state index >= 15 is 0 Å². The Morgan fingerprint density at radius 3 is 2.30 bits per heavy atom. The second-order valence-corrected chi connectivity index (χ2v) is 5.45. The fourth-order valence-corrected chi connectivity index (χ4v) is 2.18. The molecule has 0 aliphatic carbocycles. The quantitative estimate of drug-likeness (QED) is 0.847. The van der Waals surface area contributed by atoms with Gasteiger partial charge in [-0.05, 0) is 24.3 Å². The van der Waals surface area contributed by atoms with Crippen LogP contribution in [-0.2, 0) is 10.0 Å². The van der Waals surface area contributed by atoms with Crippen molar-refractivity contribution in [3.05, 3.63) is 48.0 Å². The van der Waals surface area contributed by atoms with Gasteiger partial charge in [0.05, 0.1) is 5.69 Å². The van der Waals surface area contributed by atoms with Crippen LogP contribution in [0.25, 0.3) is 0 Å². The van der Waals surface area contributed by atoms with E-state index in [9.17, 15) is 17.2 Å². The Bertz CT molecular complexity index is 763. The topological polar surface area (TPSA) is 95.4 Å². The molecule has 8 heteroatoms. The molecule has 0 saturated heterocycles. The van der Waals surface area contributed by atoms with Gasteiger partial charge in [0.15, 0.2) is 11.6 Å². The largest absolute Gasteiger partial charge is 0.454 e. The minimum atomic E-state index is -3.94. The molecule has 0 bridgehead atoms. The van der Waals surface area contributed by atoms with E-state index in [-0.39, 0.29) is 22.1 Å². The minimum Gasteiger partial charge on any atom is -0.454 e. The molecule has 106 valence electrons. The van der Waals surface area contributed by atoms with Crippen LogP contribution < -0.4 is 15.6 Å². The number of halogens is 2. The minimum absolute atomic E-state index is 0.0976. The summed E-state index contributed by atoms with van der Waals surface area (Å²) in [5, 5.41) is 4.95. The molecule has 20 heavy (non-hydrogen) atoms. The van der Waals surface area contributed by atoms with Gasteiger partial charge in [-0.1, -0.05) is 0 Å². The zero-order valence-electron chi connectivity index (χ0n) is 10.0. The Morgan fingerprint density at radius 1 is 1.05 bits per heavy atom. The number of rotatable bonds is 3. The maximum absolute atomic E-state index is 13.4. The van der Waals surface area contributed by atoms with Gasteiger partial charge >= 0.3 is 0 Å². The van der Waals surface area contributed by atoms with Gasteiger partial charge in [-0.3, -0.25) is 0 Å². The van der Waals surface area contributed by atoms with E-state index in [1.165, 1.54) is 12.1 Å². The van der Waals surface area contributed by atoms with Gasteiger partial charge in [0, 0.05) is 12.1 Å². The predicted molar refractivity (Wildman–Crippen MR) is 68.7 cm³/mol. The highest BCUT2D eigenvalue weighted by Crippen LogP contribution is 2.28. The highest BCUT2D eigenvalue weighted by atomic mass is 32.2. The van der Waals surface area contributed by atoms with E-state index in [0.717, 1.165) is 18.2 Å². The van der Waals surface area contributed by atoms with Crippen LogP contribution in [0.5, 0.6) is 11.5 Å². The molecule has 0 amide bonds. The standard InChI is InChI=1S/C12H10F2N2O3S/c13-7-1-3-11(9(14)5-7)19-8-2-4-12(10(15)6-8)20(16,17)18/h1-6H,15H2,(H2,16,17,18). The lowest BCUT2D eigenvalue weighted by Crippen LogP contribution is -2.14. The molecule has 2 aromatic rings. The van der Waals surface area contributed by atoms with Crippen molar-refractivity contribution < 1.29 is 21.9 Å². The summed E-state index contributed by atoms with van der Waals surface area (Å²) in [6.45, 7) is 0. The number of hydrogen-bond donors (Lipinski definition) is 2. The number of hydrogen-bond acceptors (Lipinski definition) is 4. The number of nitrogens with two attached hydrogens (primary N) is 2. The summed E-state index contributed by atoms with van der Waals surface area (Å²) in [6.07, 6.45) is 0. The molecule has 0 unspecified atom stereocenters. The van der Waals surface area contributed by atoms with Crippen molar-refractivity contribution in [3.63, 3.8) is 0 Å². The molecule has 4 N–H and O–H groups in total. The van der Waals surface area contributed by atoms with Crippen LogP contribution in [0, 0.1) is 11.6 Å². The summed E-state index contributed by atoms with van der Waals surface area (Å²) in [5.41, 5.74) is 5.40. The molecule has 0 radical (unpaired) electrons. The van der Waals surface area contributed by atoms with Gasteiger partial charge in [0.1, 0.15) is 16.5 Å². The zero-order valence-corrected chi connectivity index (χ0v) is 10.8. The Hall–Kier alpha value is -2.19. The van der Waals surface area contributed by atoms with Crippen molar-refractivity contribution in [1.29, 1.82) is 0 Å². The molecule has 0 saturated carbocycles. The number of anilines is 1. The molecule has 0 heterocycles. The average molecular weight is 300 g/mol. The van der Waals surface area contributed by atoms with Crippen molar-refractivity contribution in [2.45, 2.75) is 4.90 Å². The first-order valence-corrected chi connectivity index (χ1v) is 6.87. The average Bonchev–Trinajstić information content (AvgIpc) is 2.31. The number of primary sulfonamides is 1. The van der Waals surface area contributed by atoms with Crippen LogP contribution >= 0.6 is 0 Å². The van der Waals surface area contributed by atoms with E-state index in [1.807, 2.05) is 0 Å². The molecule has 0 aromatic heterocycles. The van der Waals surface area contributed by atoms with Gasteiger partial charge in [-0.2, -0.15) is 0 Å². The number of ether oxygens (including phenoxy) is 1. The third kappa shape index (κ3) is 3.03. The Balaban J connectivity index is 2.34. The first-order chi connectivity index (χ1) is 9.27. The van der Waals surface area contributed by atoms with Crippen LogP contribution in [0.2, 0.25) is 0 Å². The maximum Gasteiger partial charge on any atom is 0.240 e. The van der Waals surface area contributed by atoms with E-state index in [2.05, 4.69) is 0 Å². The molecule has 2 rings (SSSR count).